The summed E-state index contributed by atoms with van der Waals surface area (Å²) >= 11 is 0. The lowest BCUT2D eigenvalue weighted by atomic mass is 10.2. The molecular weight excluding hydrogens is 262 g/mol. The number of anilines is 2. The van der Waals surface area contributed by atoms with Gasteiger partial charge in [-0.1, -0.05) is 42.5 Å². The van der Waals surface area contributed by atoms with Gasteiger partial charge < -0.3 is 9.64 Å². The molecule has 0 unspecified atom stereocenters. The summed E-state index contributed by atoms with van der Waals surface area (Å²) in [5.41, 5.74) is 2.25. The Bertz CT molecular complexity index is 539. The van der Waals surface area contributed by atoms with Crippen molar-refractivity contribution in [3.8, 4) is 0 Å². The number of carbonyl (C=O) groups excluding carboxylic acids is 1. The van der Waals surface area contributed by atoms with Gasteiger partial charge in [0.1, 0.15) is 6.61 Å². The topological polar surface area (TPSA) is 29.5 Å². The van der Waals surface area contributed by atoms with Gasteiger partial charge in [-0.05, 0) is 30.3 Å². The fourth-order valence-electron chi connectivity index (χ4n) is 1.99. The highest BCUT2D eigenvalue weighted by atomic mass is 16.5. The van der Waals surface area contributed by atoms with Crippen molar-refractivity contribution in [3.05, 3.63) is 72.8 Å². The van der Waals surface area contributed by atoms with Crippen molar-refractivity contribution in [2.24, 2.45) is 0 Å². The fraction of sp³-hybridized carbons (Fsp3) is 0.167. The Balaban J connectivity index is 2.09. The molecule has 3 nitrogen and oxygen atoms in total. The van der Waals surface area contributed by atoms with Gasteiger partial charge in [-0.15, -0.1) is 0 Å². The maximum Gasteiger partial charge on any atom is 0.302 e. The average molecular weight is 281 g/mol. The van der Waals surface area contributed by atoms with Gasteiger partial charge in [0.25, 0.3) is 0 Å². The van der Waals surface area contributed by atoms with E-state index in [1.54, 1.807) is 0 Å². The summed E-state index contributed by atoms with van der Waals surface area (Å²) in [4.78, 5) is 12.9. The Labute approximate surface area is 125 Å². The zero-order chi connectivity index (χ0) is 14.9. The summed E-state index contributed by atoms with van der Waals surface area (Å²) in [5, 5.41) is 0. The standard InChI is InChI=1S/C18H19NO2/c1-16(20)21-15-9-8-14-19(17-10-4-2-5-11-17)18-12-6-3-7-13-18/h2-13H,14-15H2,1H3/b9-8+. The summed E-state index contributed by atoms with van der Waals surface area (Å²) in [5.74, 6) is -0.261. The zero-order valence-corrected chi connectivity index (χ0v) is 12.1. The molecule has 0 aromatic heterocycles. The highest BCUT2D eigenvalue weighted by Gasteiger charge is 2.06. The van der Waals surface area contributed by atoms with E-state index in [9.17, 15) is 4.79 Å². The molecule has 0 radical (unpaired) electrons. The van der Waals surface area contributed by atoms with Gasteiger partial charge in [-0.3, -0.25) is 4.79 Å². The van der Waals surface area contributed by atoms with Crippen LogP contribution in [0.2, 0.25) is 0 Å². The number of hydrogen-bond donors (Lipinski definition) is 0. The highest BCUT2D eigenvalue weighted by molar-refractivity contribution is 5.66. The lowest BCUT2D eigenvalue weighted by Gasteiger charge is -2.23. The first-order valence-corrected chi connectivity index (χ1v) is 6.93. The second-order valence-electron chi connectivity index (χ2n) is 4.56. The molecule has 0 saturated carbocycles. The third-order valence-electron chi connectivity index (χ3n) is 2.97. The smallest absolute Gasteiger partial charge is 0.302 e. The van der Waals surface area contributed by atoms with Crippen molar-refractivity contribution >= 4 is 17.3 Å². The molecule has 2 aromatic rings. The molecule has 21 heavy (non-hydrogen) atoms. The van der Waals surface area contributed by atoms with Crippen LogP contribution in [-0.4, -0.2) is 19.1 Å². The molecule has 0 fully saturated rings. The van der Waals surface area contributed by atoms with Crippen LogP contribution in [0.3, 0.4) is 0 Å². The summed E-state index contributed by atoms with van der Waals surface area (Å²) in [7, 11) is 0. The minimum absolute atomic E-state index is 0.261. The Morgan fingerprint density at radius 2 is 1.48 bits per heavy atom. The first kappa shape index (κ1) is 14.9. The molecule has 0 spiro atoms. The Morgan fingerprint density at radius 3 is 1.95 bits per heavy atom. The van der Waals surface area contributed by atoms with Gasteiger partial charge in [-0.25, -0.2) is 0 Å². The minimum atomic E-state index is -0.261. The van der Waals surface area contributed by atoms with E-state index >= 15 is 0 Å². The second kappa shape index (κ2) is 7.90. The van der Waals surface area contributed by atoms with Gasteiger partial charge in [0.2, 0.25) is 0 Å². The molecule has 0 aliphatic carbocycles. The number of benzene rings is 2. The van der Waals surface area contributed by atoms with Crippen LogP contribution in [0.4, 0.5) is 11.4 Å². The van der Waals surface area contributed by atoms with Crippen LogP contribution >= 0.6 is 0 Å². The minimum Gasteiger partial charge on any atom is -0.462 e. The number of para-hydroxylation sites is 2. The molecule has 0 amide bonds. The number of rotatable bonds is 6. The first-order chi connectivity index (χ1) is 10.3. The molecule has 2 aromatic carbocycles. The van der Waals surface area contributed by atoms with E-state index in [0.29, 0.717) is 6.61 Å². The van der Waals surface area contributed by atoms with E-state index in [4.69, 9.17) is 4.74 Å². The van der Waals surface area contributed by atoms with Crippen molar-refractivity contribution in [2.45, 2.75) is 6.92 Å². The SMILES string of the molecule is CC(=O)OC/C=C/CN(c1ccccc1)c1ccccc1. The van der Waals surface area contributed by atoms with Crippen molar-refractivity contribution in [2.75, 3.05) is 18.1 Å². The van der Waals surface area contributed by atoms with E-state index in [1.807, 2.05) is 48.6 Å². The van der Waals surface area contributed by atoms with E-state index in [1.165, 1.54) is 6.92 Å². The van der Waals surface area contributed by atoms with Gasteiger partial charge in [0.15, 0.2) is 0 Å². The molecule has 0 N–H and O–H groups in total. The van der Waals surface area contributed by atoms with Crippen LogP contribution in [0.15, 0.2) is 72.8 Å². The lowest BCUT2D eigenvalue weighted by Crippen LogP contribution is -2.16. The van der Waals surface area contributed by atoms with E-state index in [0.717, 1.165) is 17.9 Å². The maximum absolute atomic E-state index is 10.7. The monoisotopic (exact) mass is 281 g/mol. The fourth-order valence-corrected chi connectivity index (χ4v) is 1.99. The van der Waals surface area contributed by atoms with Gasteiger partial charge >= 0.3 is 5.97 Å². The average Bonchev–Trinajstić information content (AvgIpc) is 2.52. The number of hydrogen-bond acceptors (Lipinski definition) is 3. The van der Waals surface area contributed by atoms with Crippen LogP contribution in [0.5, 0.6) is 0 Å². The Kier molecular flexibility index (Phi) is 5.59. The number of esters is 1. The third kappa shape index (κ3) is 4.80. The van der Waals surface area contributed by atoms with Crippen molar-refractivity contribution in [3.63, 3.8) is 0 Å². The molecule has 0 bridgehead atoms. The first-order valence-electron chi connectivity index (χ1n) is 6.93. The summed E-state index contributed by atoms with van der Waals surface area (Å²) in [6.07, 6.45) is 3.86. The molecule has 0 aliphatic heterocycles. The number of ether oxygens (including phenoxy) is 1. The molecule has 3 heteroatoms. The zero-order valence-electron chi connectivity index (χ0n) is 12.1. The van der Waals surface area contributed by atoms with Crippen LogP contribution < -0.4 is 4.90 Å². The van der Waals surface area contributed by atoms with Crippen molar-refractivity contribution in [1.29, 1.82) is 0 Å². The molecule has 2 rings (SSSR count). The number of carbonyl (C=O) groups is 1. The Morgan fingerprint density at radius 1 is 0.952 bits per heavy atom. The predicted molar refractivity (Wildman–Crippen MR) is 85.7 cm³/mol. The third-order valence-corrected chi connectivity index (χ3v) is 2.97. The molecule has 0 saturated heterocycles. The number of nitrogens with zero attached hydrogens (tertiary/aromatic N) is 1. The molecule has 108 valence electrons. The Hall–Kier alpha value is -2.55. The van der Waals surface area contributed by atoms with Gasteiger partial charge in [-0.2, -0.15) is 0 Å². The maximum atomic E-state index is 10.7. The van der Waals surface area contributed by atoms with E-state index in [2.05, 4.69) is 29.2 Å². The van der Waals surface area contributed by atoms with Crippen LogP contribution in [0.25, 0.3) is 0 Å². The highest BCUT2D eigenvalue weighted by Crippen LogP contribution is 2.24. The van der Waals surface area contributed by atoms with Crippen LogP contribution in [0, 0.1) is 0 Å². The summed E-state index contributed by atoms with van der Waals surface area (Å²) < 4.78 is 4.89. The summed E-state index contributed by atoms with van der Waals surface area (Å²) in [6.45, 7) is 2.44. The largest absolute Gasteiger partial charge is 0.462 e. The quantitative estimate of drug-likeness (QED) is 0.593. The second-order valence-corrected chi connectivity index (χ2v) is 4.56. The van der Waals surface area contributed by atoms with Crippen molar-refractivity contribution < 1.29 is 9.53 Å². The van der Waals surface area contributed by atoms with Crippen LogP contribution in [-0.2, 0) is 9.53 Å². The van der Waals surface area contributed by atoms with Gasteiger partial charge in [0, 0.05) is 24.8 Å². The summed E-state index contributed by atoms with van der Waals surface area (Å²) in [6, 6.07) is 20.4. The van der Waals surface area contributed by atoms with E-state index in [-0.39, 0.29) is 5.97 Å². The molecule has 0 atom stereocenters. The predicted octanol–water partition coefficient (Wildman–Crippen LogP) is 3.94. The van der Waals surface area contributed by atoms with Crippen LogP contribution in [0.1, 0.15) is 6.92 Å². The van der Waals surface area contributed by atoms with Gasteiger partial charge in [0.05, 0.1) is 0 Å². The molecule has 0 heterocycles. The molecule has 0 aliphatic rings. The van der Waals surface area contributed by atoms with Crippen molar-refractivity contribution in [1.82, 2.24) is 0 Å². The van der Waals surface area contributed by atoms with E-state index < -0.39 is 0 Å². The normalized spacial score (nSPS) is 10.5. The molecular formula is C18H19NO2. The lowest BCUT2D eigenvalue weighted by molar-refractivity contribution is -0.139.